The van der Waals surface area contributed by atoms with Gasteiger partial charge in [0.2, 0.25) is 0 Å². The molecule has 1 amide bonds. The van der Waals surface area contributed by atoms with Crippen molar-refractivity contribution in [1.82, 2.24) is 0 Å². The number of nitrogens with one attached hydrogen (secondary N) is 1. The summed E-state index contributed by atoms with van der Waals surface area (Å²) in [6.45, 7) is 0. The number of benzene rings is 2. The number of alkyl halides is 6. The van der Waals surface area contributed by atoms with E-state index in [9.17, 15) is 46.0 Å². The topological polar surface area (TPSA) is 98.5 Å². The summed E-state index contributed by atoms with van der Waals surface area (Å²) < 4.78 is 82.2. The standard InChI is InChI=1S/C16H8F6N2O5/c17-15(18,19)11-5-10(29-9-3-1-8(7-25)2-4-9)6-12(24(27)28)13(11)23-14(26)16(20,21)22/h1-7H,(H,23,26). The summed E-state index contributed by atoms with van der Waals surface area (Å²) in [7, 11) is 0. The van der Waals surface area contributed by atoms with Crippen molar-refractivity contribution in [2.75, 3.05) is 5.32 Å². The van der Waals surface area contributed by atoms with Crippen LogP contribution < -0.4 is 10.1 Å². The average Bonchev–Trinajstić information content (AvgIpc) is 2.61. The molecule has 0 bridgehead atoms. The number of nitro groups is 1. The molecular weight excluding hydrogens is 414 g/mol. The molecule has 0 saturated heterocycles. The lowest BCUT2D eigenvalue weighted by atomic mass is 10.1. The Bertz CT molecular complexity index is 954. The highest BCUT2D eigenvalue weighted by atomic mass is 19.4. The van der Waals surface area contributed by atoms with E-state index in [1.165, 1.54) is 24.3 Å². The van der Waals surface area contributed by atoms with Gasteiger partial charge >= 0.3 is 18.3 Å². The van der Waals surface area contributed by atoms with Crippen LogP contribution in [0.2, 0.25) is 0 Å². The predicted molar refractivity (Wildman–Crippen MR) is 84.7 cm³/mol. The molecule has 2 aromatic carbocycles. The summed E-state index contributed by atoms with van der Waals surface area (Å²) in [4.78, 5) is 31.4. The molecule has 29 heavy (non-hydrogen) atoms. The van der Waals surface area contributed by atoms with Gasteiger partial charge in [0.25, 0.3) is 5.69 Å². The van der Waals surface area contributed by atoms with Crippen molar-refractivity contribution in [3.05, 3.63) is 57.6 Å². The van der Waals surface area contributed by atoms with Crippen LogP contribution in [0, 0.1) is 10.1 Å². The van der Waals surface area contributed by atoms with Gasteiger partial charge in [-0.3, -0.25) is 19.7 Å². The molecule has 0 radical (unpaired) electrons. The van der Waals surface area contributed by atoms with Crippen molar-refractivity contribution in [1.29, 1.82) is 0 Å². The summed E-state index contributed by atoms with van der Waals surface area (Å²) in [5, 5.41) is 12.0. The Balaban J connectivity index is 2.57. The SMILES string of the molecule is O=Cc1ccc(Oc2cc([N+](=O)[O-])c(NC(=O)C(F)(F)F)c(C(F)(F)F)c2)cc1. The zero-order valence-electron chi connectivity index (χ0n) is 13.8. The lowest BCUT2D eigenvalue weighted by molar-refractivity contribution is -0.384. The number of anilines is 1. The van der Waals surface area contributed by atoms with Crippen LogP contribution in [0.25, 0.3) is 0 Å². The van der Waals surface area contributed by atoms with Gasteiger partial charge in [0, 0.05) is 5.56 Å². The molecule has 0 fully saturated rings. The first-order valence-corrected chi connectivity index (χ1v) is 7.34. The highest BCUT2D eigenvalue weighted by Gasteiger charge is 2.44. The quantitative estimate of drug-likeness (QED) is 0.325. The summed E-state index contributed by atoms with van der Waals surface area (Å²) in [6, 6.07) is 5.49. The molecule has 0 saturated carbocycles. The van der Waals surface area contributed by atoms with Crippen LogP contribution >= 0.6 is 0 Å². The molecular formula is C16H8F6N2O5. The van der Waals surface area contributed by atoms with E-state index in [0.29, 0.717) is 12.4 Å². The second kappa shape index (κ2) is 7.77. The van der Waals surface area contributed by atoms with Gasteiger partial charge in [0.1, 0.15) is 23.5 Å². The Morgan fingerprint density at radius 3 is 2.07 bits per heavy atom. The van der Waals surface area contributed by atoms with Gasteiger partial charge in [0.05, 0.1) is 16.6 Å². The van der Waals surface area contributed by atoms with Crippen molar-refractivity contribution in [2.45, 2.75) is 12.4 Å². The number of nitro benzene ring substituents is 1. The number of carbonyl (C=O) groups excluding carboxylic acids is 2. The number of halogens is 6. The number of rotatable bonds is 5. The Morgan fingerprint density at radius 2 is 1.62 bits per heavy atom. The molecule has 13 heteroatoms. The summed E-state index contributed by atoms with van der Waals surface area (Å²) in [6.07, 6.45) is -10.5. The molecule has 2 rings (SSSR count). The number of aldehydes is 1. The van der Waals surface area contributed by atoms with E-state index in [2.05, 4.69) is 0 Å². The van der Waals surface area contributed by atoms with Gasteiger partial charge in [-0.2, -0.15) is 26.3 Å². The maximum atomic E-state index is 13.3. The predicted octanol–water partition coefficient (Wildman–Crippen LogP) is 4.72. The van der Waals surface area contributed by atoms with Gasteiger partial charge < -0.3 is 10.1 Å². The Morgan fingerprint density at radius 1 is 1.03 bits per heavy atom. The zero-order chi connectivity index (χ0) is 22.0. The van der Waals surface area contributed by atoms with Crippen molar-refractivity contribution in [3.63, 3.8) is 0 Å². The van der Waals surface area contributed by atoms with Crippen LogP contribution in [-0.2, 0) is 11.0 Å². The molecule has 0 aliphatic rings. The molecule has 154 valence electrons. The number of hydrogen-bond acceptors (Lipinski definition) is 5. The minimum Gasteiger partial charge on any atom is -0.457 e. The van der Waals surface area contributed by atoms with E-state index < -0.39 is 45.9 Å². The molecule has 0 unspecified atom stereocenters. The van der Waals surface area contributed by atoms with Gasteiger partial charge in [-0.1, -0.05) is 0 Å². The van der Waals surface area contributed by atoms with E-state index in [0.717, 1.165) is 5.32 Å². The smallest absolute Gasteiger partial charge is 0.457 e. The summed E-state index contributed by atoms with van der Waals surface area (Å²) in [5.74, 6) is -3.65. The average molecular weight is 422 g/mol. The summed E-state index contributed by atoms with van der Waals surface area (Å²) in [5.41, 5.74) is -4.83. The van der Waals surface area contributed by atoms with Crippen molar-refractivity contribution in [3.8, 4) is 11.5 Å². The van der Waals surface area contributed by atoms with Crippen LogP contribution in [0.5, 0.6) is 11.5 Å². The maximum absolute atomic E-state index is 13.3. The van der Waals surface area contributed by atoms with E-state index in [1.807, 2.05) is 0 Å². The number of hydrogen-bond donors (Lipinski definition) is 1. The fraction of sp³-hybridized carbons (Fsp3) is 0.125. The van der Waals surface area contributed by atoms with Gasteiger partial charge in [-0.15, -0.1) is 0 Å². The number of carbonyl (C=O) groups is 2. The minimum atomic E-state index is -5.58. The van der Waals surface area contributed by atoms with Gasteiger partial charge in [0.15, 0.2) is 0 Å². The first-order valence-electron chi connectivity index (χ1n) is 7.34. The van der Waals surface area contributed by atoms with Crippen LogP contribution in [0.15, 0.2) is 36.4 Å². The van der Waals surface area contributed by atoms with Crippen molar-refractivity contribution < 1.29 is 45.6 Å². The Kier molecular flexibility index (Phi) is 5.80. The highest BCUT2D eigenvalue weighted by Crippen LogP contribution is 2.43. The largest absolute Gasteiger partial charge is 0.471 e. The minimum absolute atomic E-state index is 0.106. The van der Waals surface area contributed by atoms with Crippen LogP contribution in [-0.4, -0.2) is 23.3 Å². The lowest BCUT2D eigenvalue weighted by Crippen LogP contribution is -2.31. The first kappa shape index (κ1) is 21.7. The molecule has 0 aromatic heterocycles. The van der Waals surface area contributed by atoms with Crippen molar-refractivity contribution >= 4 is 23.6 Å². The Hall–Kier alpha value is -3.64. The molecule has 0 atom stereocenters. The number of nitrogens with zero attached hydrogens (tertiary/aromatic N) is 1. The van der Waals surface area contributed by atoms with E-state index in [-0.39, 0.29) is 17.4 Å². The normalized spacial score (nSPS) is 11.7. The third-order valence-corrected chi connectivity index (χ3v) is 3.34. The Labute approximate surface area is 157 Å². The second-order valence-electron chi connectivity index (χ2n) is 5.36. The van der Waals surface area contributed by atoms with Crippen LogP contribution in [0.4, 0.5) is 37.7 Å². The fourth-order valence-corrected chi connectivity index (χ4v) is 2.09. The second-order valence-corrected chi connectivity index (χ2v) is 5.36. The maximum Gasteiger partial charge on any atom is 0.471 e. The molecule has 7 nitrogen and oxygen atoms in total. The summed E-state index contributed by atoms with van der Waals surface area (Å²) >= 11 is 0. The number of amides is 1. The third kappa shape index (κ3) is 5.21. The molecule has 0 aliphatic carbocycles. The first-order chi connectivity index (χ1) is 13.3. The molecule has 0 aliphatic heterocycles. The molecule has 0 heterocycles. The fourth-order valence-electron chi connectivity index (χ4n) is 2.09. The van der Waals surface area contributed by atoms with Gasteiger partial charge in [-0.05, 0) is 30.3 Å². The lowest BCUT2D eigenvalue weighted by Gasteiger charge is -2.16. The monoisotopic (exact) mass is 422 g/mol. The molecule has 1 N–H and O–H groups in total. The van der Waals surface area contributed by atoms with Crippen LogP contribution in [0.1, 0.15) is 15.9 Å². The highest BCUT2D eigenvalue weighted by molar-refractivity contribution is 5.98. The molecule has 0 spiro atoms. The van der Waals surface area contributed by atoms with E-state index >= 15 is 0 Å². The van der Waals surface area contributed by atoms with E-state index in [1.54, 1.807) is 0 Å². The zero-order valence-corrected chi connectivity index (χ0v) is 13.8. The number of ether oxygens (including phenoxy) is 1. The van der Waals surface area contributed by atoms with E-state index in [4.69, 9.17) is 4.74 Å². The molecule has 2 aromatic rings. The van der Waals surface area contributed by atoms with Gasteiger partial charge in [-0.25, -0.2) is 0 Å². The van der Waals surface area contributed by atoms with Crippen molar-refractivity contribution in [2.24, 2.45) is 0 Å². The third-order valence-electron chi connectivity index (χ3n) is 3.34. The van der Waals surface area contributed by atoms with Crippen LogP contribution in [0.3, 0.4) is 0 Å².